The smallest absolute Gasteiger partial charge is 0.306 e. The van der Waals surface area contributed by atoms with Gasteiger partial charge in [0.25, 0.3) is 0 Å². The minimum absolute atomic E-state index is 0.165. The van der Waals surface area contributed by atoms with Crippen molar-refractivity contribution in [1.29, 1.82) is 0 Å². The van der Waals surface area contributed by atoms with Gasteiger partial charge in [-0.3, -0.25) is 9.78 Å². The summed E-state index contributed by atoms with van der Waals surface area (Å²) in [6.45, 7) is 4.46. The Labute approximate surface area is 101 Å². The van der Waals surface area contributed by atoms with Gasteiger partial charge in [0.1, 0.15) is 5.75 Å². The van der Waals surface area contributed by atoms with E-state index >= 15 is 0 Å². The van der Waals surface area contributed by atoms with E-state index in [0.717, 1.165) is 30.0 Å². The lowest BCUT2D eigenvalue weighted by Crippen LogP contribution is -2.08. The quantitative estimate of drug-likeness (QED) is 0.848. The van der Waals surface area contributed by atoms with E-state index in [1.807, 2.05) is 26.0 Å². The Balaban J connectivity index is 1.93. The fourth-order valence-corrected chi connectivity index (χ4v) is 1.91. The number of hydrogen-bond donors (Lipinski definition) is 1. The summed E-state index contributed by atoms with van der Waals surface area (Å²) in [4.78, 5) is 15.1. The standard InChI is InChI=1S/C13H17NO3/c1-3-11-12(5-4-8(2)14-11)17-7-9-6-10(9)13(15)16/h4-5,9-10H,3,6-7H2,1-2H3,(H,15,16)/t9-,10+/m0/s1. The molecule has 0 aromatic carbocycles. The summed E-state index contributed by atoms with van der Waals surface area (Å²) in [6.07, 6.45) is 1.56. The van der Waals surface area contributed by atoms with Gasteiger partial charge in [0, 0.05) is 11.6 Å². The second-order valence-electron chi connectivity index (χ2n) is 4.50. The molecule has 17 heavy (non-hydrogen) atoms. The Morgan fingerprint density at radius 1 is 1.59 bits per heavy atom. The number of aliphatic carboxylic acids is 1. The third-order valence-electron chi connectivity index (χ3n) is 3.10. The summed E-state index contributed by atoms with van der Waals surface area (Å²) >= 11 is 0. The van der Waals surface area contributed by atoms with Crippen LogP contribution in [0.4, 0.5) is 0 Å². The fraction of sp³-hybridized carbons (Fsp3) is 0.538. The first-order chi connectivity index (χ1) is 8.11. The molecule has 2 atom stereocenters. The van der Waals surface area contributed by atoms with Gasteiger partial charge < -0.3 is 9.84 Å². The van der Waals surface area contributed by atoms with E-state index in [1.165, 1.54) is 0 Å². The number of aryl methyl sites for hydroxylation is 2. The van der Waals surface area contributed by atoms with Gasteiger partial charge in [0.15, 0.2) is 0 Å². The molecule has 1 fully saturated rings. The van der Waals surface area contributed by atoms with Crippen molar-refractivity contribution in [3.63, 3.8) is 0 Å². The lowest BCUT2D eigenvalue weighted by molar-refractivity contribution is -0.138. The van der Waals surface area contributed by atoms with Crippen LogP contribution in [-0.2, 0) is 11.2 Å². The highest BCUT2D eigenvalue weighted by molar-refractivity contribution is 5.73. The molecular weight excluding hydrogens is 218 g/mol. The molecule has 1 N–H and O–H groups in total. The molecule has 1 saturated carbocycles. The average Bonchev–Trinajstić information content (AvgIpc) is 3.07. The zero-order chi connectivity index (χ0) is 12.4. The Kier molecular flexibility index (Phi) is 3.31. The summed E-state index contributed by atoms with van der Waals surface area (Å²) in [6, 6.07) is 3.83. The van der Waals surface area contributed by atoms with Gasteiger partial charge in [-0.05, 0) is 31.9 Å². The molecule has 4 heteroatoms. The maximum Gasteiger partial charge on any atom is 0.306 e. The van der Waals surface area contributed by atoms with Crippen molar-refractivity contribution in [3.8, 4) is 5.75 Å². The zero-order valence-electron chi connectivity index (χ0n) is 10.1. The van der Waals surface area contributed by atoms with Crippen LogP contribution in [0.1, 0.15) is 24.7 Å². The largest absolute Gasteiger partial charge is 0.491 e. The number of aromatic nitrogens is 1. The first-order valence-electron chi connectivity index (χ1n) is 5.94. The van der Waals surface area contributed by atoms with E-state index < -0.39 is 5.97 Å². The number of ether oxygens (including phenoxy) is 1. The third-order valence-corrected chi connectivity index (χ3v) is 3.10. The summed E-state index contributed by atoms with van der Waals surface area (Å²) < 4.78 is 5.66. The molecule has 92 valence electrons. The molecule has 1 aromatic rings. The van der Waals surface area contributed by atoms with Crippen LogP contribution in [0.2, 0.25) is 0 Å². The Hall–Kier alpha value is -1.58. The molecule has 0 radical (unpaired) electrons. The van der Waals surface area contributed by atoms with E-state index in [0.29, 0.717) is 6.61 Å². The van der Waals surface area contributed by atoms with Gasteiger partial charge in [-0.15, -0.1) is 0 Å². The SMILES string of the molecule is CCc1nc(C)ccc1OC[C@@H]1C[C@H]1C(=O)O. The molecule has 2 rings (SSSR count). The highest BCUT2D eigenvalue weighted by Gasteiger charge is 2.43. The first kappa shape index (κ1) is 11.9. The molecule has 0 bridgehead atoms. The second kappa shape index (κ2) is 4.73. The van der Waals surface area contributed by atoms with Crippen LogP contribution >= 0.6 is 0 Å². The van der Waals surface area contributed by atoms with Crippen molar-refractivity contribution in [3.05, 3.63) is 23.5 Å². The van der Waals surface area contributed by atoms with Crippen molar-refractivity contribution < 1.29 is 14.6 Å². The Bertz CT molecular complexity index is 431. The van der Waals surface area contributed by atoms with Gasteiger partial charge in [0.05, 0.1) is 18.2 Å². The number of pyridine rings is 1. The van der Waals surface area contributed by atoms with Gasteiger partial charge in [-0.1, -0.05) is 6.92 Å². The molecule has 0 aliphatic heterocycles. The summed E-state index contributed by atoms with van der Waals surface area (Å²) in [5, 5.41) is 8.79. The fourth-order valence-electron chi connectivity index (χ4n) is 1.91. The van der Waals surface area contributed by atoms with Gasteiger partial charge in [0.2, 0.25) is 0 Å². The Morgan fingerprint density at radius 2 is 2.35 bits per heavy atom. The highest BCUT2D eigenvalue weighted by atomic mass is 16.5. The lowest BCUT2D eigenvalue weighted by Gasteiger charge is -2.09. The van der Waals surface area contributed by atoms with Crippen LogP contribution < -0.4 is 4.74 Å². The first-order valence-corrected chi connectivity index (χ1v) is 5.94. The molecule has 4 nitrogen and oxygen atoms in total. The van der Waals surface area contributed by atoms with E-state index in [1.54, 1.807) is 0 Å². The van der Waals surface area contributed by atoms with Crippen LogP contribution in [0.5, 0.6) is 5.75 Å². The van der Waals surface area contributed by atoms with Crippen molar-refractivity contribution in [1.82, 2.24) is 4.98 Å². The van der Waals surface area contributed by atoms with Crippen molar-refractivity contribution in [2.24, 2.45) is 11.8 Å². The maximum absolute atomic E-state index is 10.7. The van der Waals surface area contributed by atoms with E-state index in [-0.39, 0.29) is 11.8 Å². The van der Waals surface area contributed by atoms with E-state index in [4.69, 9.17) is 9.84 Å². The molecule has 1 aliphatic carbocycles. The zero-order valence-corrected chi connectivity index (χ0v) is 10.1. The molecule has 0 spiro atoms. The molecule has 1 heterocycles. The number of carboxylic acid groups (broad SMARTS) is 1. The van der Waals surface area contributed by atoms with Crippen molar-refractivity contribution in [2.45, 2.75) is 26.7 Å². The van der Waals surface area contributed by atoms with Crippen LogP contribution in [0.3, 0.4) is 0 Å². The number of carbonyl (C=O) groups is 1. The number of rotatable bonds is 5. The number of hydrogen-bond acceptors (Lipinski definition) is 3. The van der Waals surface area contributed by atoms with Gasteiger partial charge in [-0.25, -0.2) is 0 Å². The average molecular weight is 235 g/mol. The van der Waals surface area contributed by atoms with Gasteiger partial charge in [-0.2, -0.15) is 0 Å². The minimum Gasteiger partial charge on any atom is -0.491 e. The molecular formula is C13H17NO3. The molecule has 0 unspecified atom stereocenters. The number of nitrogens with zero attached hydrogens (tertiary/aromatic N) is 1. The highest BCUT2D eigenvalue weighted by Crippen LogP contribution is 2.39. The van der Waals surface area contributed by atoms with Gasteiger partial charge >= 0.3 is 5.97 Å². The van der Waals surface area contributed by atoms with Crippen LogP contribution in [-0.4, -0.2) is 22.7 Å². The normalized spacial score (nSPS) is 22.2. The molecule has 1 aliphatic rings. The predicted molar refractivity (Wildman–Crippen MR) is 63.1 cm³/mol. The minimum atomic E-state index is -0.712. The summed E-state index contributed by atoms with van der Waals surface area (Å²) in [5.41, 5.74) is 1.92. The lowest BCUT2D eigenvalue weighted by atomic mass is 10.2. The molecule has 0 amide bonds. The number of carboxylic acids is 1. The second-order valence-corrected chi connectivity index (χ2v) is 4.50. The van der Waals surface area contributed by atoms with Crippen molar-refractivity contribution >= 4 is 5.97 Å². The van der Waals surface area contributed by atoms with Crippen LogP contribution in [0.25, 0.3) is 0 Å². The molecule has 1 aromatic heterocycles. The molecule has 0 saturated heterocycles. The van der Waals surface area contributed by atoms with E-state index in [9.17, 15) is 4.79 Å². The van der Waals surface area contributed by atoms with E-state index in [2.05, 4.69) is 4.98 Å². The van der Waals surface area contributed by atoms with Crippen molar-refractivity contribution in [2.75, 3.05) is 6.61 Å². The summed E-state index contributed by atoms with van der Waals surface area (Å²) in [5.74, 6) is 0.0301. The third kappa shape index (κ3) is 2.75. The summed E-state index contributed by atoms with van der Waals surface area (Å²) in [7, 11) is 0. The van der Waals surface area contributed by atoms with Crippen LogP contribution in [0.15, 0.2) is 12.1 Å². The monoisotopic (exact) mass is 235 g/mol. The topological polar surface area (TPSA) is 59.4 Å². The maximum atomic E-state index is 10.7. The predicted octanol–water partition coefficient (Wildman–Crippen LogP) is 2.05. The Morgan fingerprint density at radius 3 is 2.94 bits per heavy atom. The van der Waals surface area contributed by atoms with Crippen LogP contribution in [0, 0.1) is 18.8 Å².